The SMILES string of the molecule is Cc1cc(C)cc(NC(=O)CCNS(=O)(=O)c2ccc3c(c2)CCCC3)c1. The number of fused-ring (bicyclic) bond motifs is 1. The average Bonchev–Trinajstić information content (AvgIpc) is 2.60. The number of hydrogen-bond donors (Lipinski definition) is 2. The van der Waals surface area contributed by atoms with Gasteiger partial charge in [0.05, 0.1) is 4.90 Å². The van der Waals surface area contributed by atoms with Gasteiger partial charge in [-0.2, -0.15) is 0 Å². The van der Waals surface area contributed by atoms with Crippen LogP contribution in [-0.2, 0) is 27.7 Å². The highest BCUT2D eigenvalue weighted by Gasteiger charge is 2.17. The molecule has 0 spiro atoms. The van der Waals surface area contributed by atoms with Crippen LogP contribution in [0, 0.1) is 13.8 Å². The van der Waals surface area contributed by atoms with E-state index in [0.29, 0.717) is 0 Å². The third kappa shape index (κ3) is 5.17. The first-order valence-electron chi connectivity index (χ1n) is 9.33. The molecule has 3 rings (SSSR count). The third-order valence-corrected chi connectivity index (χ3v) is 6.24. The molecule has 2 aromatic carbocycles. The van der Waals surface area contributed by atoms with Crippen molar-refractivity contribution >= 4 is 21.6 Å². The monoisotopic (exact) mass is 386 g/mol. The number of nitrogens with one attached hydrogen (secondary N) is 2. The summed E-state index contributed by atoms with van der Waals surface area (Å²) in [6.07, 6.45) is 4.28. The minimum absolute atomic E-state index is 0.0655. The molecule has 0 aliphatic heterocycles. The predicted molar refractivity (Wildman–Crippen MR) is 107 cm³/mol. The van der Waals surface area contributed by atoms with E-state index in [1.54, 1.807) is 12.1 Å². The molecule has 0 radical (unpaired) electrons. The fourth-order valence-corrected chi connectivity index (χ4v) is 4.61. The maximum Gasteiger partial charge on any atom is 0.240 e. The summed E-state index contributed by atoms with van der Waals surface area (Å²) in [6, 6.07) is 11.1. The number of aryl methyl sites for hydroxylation is 4. The van der Waals surface area contributed by atoms with Gasteiger partial charge in [0.15, 0.2) is 0 Å². The molecule has 6 heteroatoms. The quantitative estimate of drug-likeness (QED) is 0.798. The fourth-order valence-electron chi connectivity index (χ4n) is 3.53. The van der Waals surface area contributed by atoms with Crippen molar-refractivity contribution in [1.82, 2.24) is 4.72 Å². The minimum Gasteiger partial charge on any atom is -0.326 e. The van der Waals surface area contributed by atoms with Crippen molar-refractivity contribution < 1.29 is 13.2 Å². The number of carbonyl (C=O) groups excluding carboxylic acids is 1. The Morgan fingerprint density at radius 2 is 1.63 bits per heavy atom. The van der Waals surface area contributed by atoms with Crippen LogP contribution in [0.3, 0.4) is 0 Å². The zero-order valence-electron chi connectivity index (χ0n) is 15.8. The van der Waals surface area contributed by atoms with Gasteiger partial charge in [-0.3, -0.25) is 4.79 Å². The van der Waals surface area contributed by atoms with E-state index in [-0.39, 0.29) is 23.8 Å². The Kier molecular flexibility index (Phi) is 5.97. The van der Waals surface area contributed by atoms with Crippen LogP contribution in [0.15, 0.2) is 41.3 Å². The van der Waals surface area contributed by atoms with Gasteiger partial charge in [0.1, 0.15) is 0 Å². The zero-order chi connectivity index (χ0) is 19.4. The highest BCUT2D eigenvalue weighted by atomic mass is 32.2. The minimum atomic E-state index is -3.61. The topological polar surface area (TPSA) is 75.3 Å². The molecule has 0 unspecified atom stereocenters. The van der Waals surface area contributed by atoms with Crippen molar-refractivity contribution in [3.8, 4) is 0 Å². The summed E-state index contributed by atoms with van der Waals surface area (Å²) in [7, 11) is -3.61. The number of rotatable bonds is 6. The number of anilines is 1. The van der Waals surface area contributed by atoms with E-state index in [4.69, 9.17) is 0 Å². The number of benzene rings is 2. The molecule has 5 nitrogen and oxygen atoms in total. The van der Waals surface area contributed by atoms with E-state index in [9.17, 15) is 13.2 Å². The average molecular weight is 387 g/mol. The van der Waals surface area contributed by atoms with Crippen LogP contribution in [-0.4, -0.2) is 20.9 Å². The first-order valence-corrected chi connectivity index (χ1v) is 10.8. The second-order valence-electron chi connectivity index (χ2n) is 7.21. The molecule has 0 fully saturated rings. The zero-order valence-corrected chi connectivity index (χ0v) is 16.7. The molecule has 0 aromatic heterocycles. The third-order valence-electron chi connectivity index (χ3n) is 4.78. The normalized spacial score (nSPS) is 13.9. The molecule has 1 aliphatic carbocycles. The van der Waals surface area contributed by atoms with Gasteiger partial charge in [0.25, 0.3) is 0 Å². The molecular formula is C21H26N2O3S. The van der Waals surface area contributed by atoms with Crippen molar-refractivity contribution in [1.29, 1.82) is 0 Å². The Bertz CT molecular complexity index is 932. The van der Waals surface area contributed by atoms with Crippen LogP contribution >= 0.6 is 0 Å². The first-order chi connectivity index (χ1) is 12.8. The molecule has 27 heavy (non-hydrogen) atoms. The van der Waals surface area contributed by atoms with Gasteiger partial charge in [-0.25, -0.2) is 13.1 Å². The lowest BCUT2D eigenvalue weighted by atomic mass is 9.92. The van der Waals surface area contributed by atoms with Gasteiger partial charge in [0, 0.05) is 18.7 Å². The Balaban J connectivity index is 1.56. The molecule has 2 aromatic rings. The van der Waals surface area contributed by atoms with Crippen molar-refractivity contribution in [2.24, 2.45) is 0 Å². The van der Waals surface area contributed by atoms with Crippen LogP contribution in [0.2, 0.25) is 0 Å². The van der Waals surface area contributed by atoms with Crippen molar-refractivity contribution in [3.63, 3.8) is 0 Å². The maximum atomic E-state index is 12.5. The fraction of sp³-hybridized carbons (Fsp3) is 0.381. The van der Waals surface area contributed by atoms with Gasteiger partial charge >= 0.3 is 0 Å². The van der Waals surface area contributed by atoms with E-state index < -0.39 is 10.0 Å². The Morgan fingerprint density at radius 3 is 2.33 bits per heavy atom. The number of amides is 1. The smallest absolute Gasteiger partial charge is 0.240 e. The second kappa shape index (κ2) is 8.23. The van der Waals surface area contributed by atoms with Crippen LogP contribution < -0.4 is 10.0 Å². The van der Waals surface area contributed by atoms with Crippen molar-refractivity contribution in [2.45, 2.75) is 50.8 Å². The molecule has 0 saturated heterocycles. The second-order valence-corrected chi connectivity index (χ2v) is 8.98. The van der Waals surface area contributed by atoms with E-state index in [0.717, 1.165) is 48.1 Å². The lowest BCUT2D eigenvalue weighted by molar-refractivity contribution is -0.116. The maximum absolute atomic E-state index is 12.5. The van der Waals surface area contributed by atoms with Crippen LogP contribution in [0.5, 0.6) is 0 Å². The van der Waals surface area contributed by atoms with Crippen LogP contribution in [0.25, 0.3) is 0 Å². The largest absolute Gasteiger partial charge is 0.326 e. The molecule has 0 bridgehead atoms. The Labute approximate surface area is 161 Å². The summed E-state index contributed by atoms with van der Waals surface area (Å²) in [5, 5.41) is 2.82. The lowest BCUT2D eigenvalue weighted by Gasteiger charge is -2.16. The van der Waals surface area contributed by atoms with Crippen LogP contribution in [0.4, 0.5) is 5.69 Å². The van der Waals surface area contributed by atoms with Gasteiger partial charge in [-0.1, -0.05) is 12.1 Å². The van der Waals surface area contributed by atoms with Crippen molar-refractivity contribution in [3.05, 3.63) is 58.7 Å². The molecule has 0 heterocycles. The van der Waals surface area contributed by atoms with Crippen LogP contribution in [0.1, 0.15) is 41.5 Å². The van der Waals surface area contributed by atoms with Gasteiger partial charge in [-0.15, -0.1) is 0 Å². The highest BCUT2D eigenvalue weighted by Crippen LogP contribution is 2.24. The van der Waals surface area contributed by atoms with E-state index in [2.05, 4.69) is 10.0 Å². The van der Waals surface area contributed by atoms with Gasteiger partial charge in [0.2, 0.25) is 15.9 Å². The number of hydrogen-bond acceptors (Lipinski definition) is 3. The van der Waals surface area contributed by atoms with E-state index >= 15 is 0 Å². The van der Waals surface area contributed by atoms with E-state index in [1.165, 1.54) is 5.56 Å². The first kappa shape index (κ1) is 19.6. The van der Waals surface area contributed by atoms with E-state index in [1.807, 2.05) is 38.1 Å². The van der Waals surface area contributed by atoms with Gasteiger partial charge in [-0.05, 0) is 86.1 Å². The summed E-state index contributed by atoms with van der Waals surface area (Å²) in [4.78, 5) is 12.4. The molecule has 0 saturated carbocycles. The Morgan fingerprint density at radius 1 is 0.963 bits per heavy atom. The van der Waals surface area contributed by atoms with Gasteiger partial charge < -0.3 is 5.32 Å². The number of carbonyl (C=O) groups is 1. The standard InChI is InChI=1S/C21H26N2O3S/c1-15-11-16(2)13-19(12-15)23-21(24)9-10-22-27(25,26)20-8-7-17-5-3-4-6-18(17)14-20/h7-8,11-14,22H,3-6,9-10H2,1-2H3,(H,23,24). The molecule has 144 valence electrons. The summed E-state index contributed by atoms with van der Waals surface area (Å²) in [6.45, 7) is 4.00. The predicted octanol–water partition coefficient (Wildman–Crippen LogP) is 3.49. The lowest BCUT2D eigenvalue weighted by Crippen LogP contribution is -2.28. The summed E-state index contributed by atoms with van der Waals surface area (Å²) < 4.78 is 27.5. The molecule has 1 amide bonds. The highest BCUT2D eigenvalue weighted by molar-refractivity contribution is 7.89. The summed E-state index contributed by atoms with van der Waals surface area (Å²) in [5.41, 5.74) is 5.23. The molecular weight excluding hydrogens is 360 g/mol. The van der Waals surface area contributed by atoms with Crippen molar-refractivity contribution in [2.75, 3.05) is 11.9 Å². The molecule has 1 aliphatic rings. The summed E-state index contributed by atoms with van der Waals surface area (Å²) >= 11 is 0. The molecule has 2 N–H and O–H groups in total. The number of sulfonamides is 1. The summed E-state index contributed by atoms with van der Waals surface area (Å²) in [5.74, 6) is -0.215. The Hall–Kier alpha value is -2.18. The molecule has 0 atom stereocenters.